The van der Waals surface area contributed by atoms with Gasteiger partial charge in [0.1, 0.15) is 5.52 Å². The van der Waals surface area contributed by atoms with E-state index in [0.29, 0.717) is 34.7 Å². The molecule has 2 heterocycles. The molecule has 158 valence electrons. The van der Waals surface area contributed by atoms with E-state index in [9.17, 15) is 9.59 Å². The SMILES string of the molecule is Cn1c(=O)n(CCCO)c(=O)c2c1cc(C#CC(C)(C)C)n2Cc1ccc(Cl)cc1. The molecule has 2 aromatic heterocycles. The molecule has 0 unspecified atom stereocenters. The van der Waals surface area contributed by atoms with Gasteiger partial charge in [0.25, 0.3) is 5.56 Å². The average molecular weight is 428 g/mol. The van der Waals surface area contributed by atoms with Gasteiger partial charge in [0.2, 0.25) is 0 Å². The summed E-state index contributed by atoms with van der Waals surface area (Å²) in [5.41, 5.74) is 1.60. The fourth-order valence-corrected chi connectivity index (χ4v) is 3.36. The molecule has 0 fully saturated rings. The van der Waals surface area contributed by atoms with Gasteiger partial charge in [-0.15, -0.1) is 0 Å². The number of halogens is 1. The maximum atomic E-state index is 13.3. The Hall–Kier alpha value is -2.75. The first-order valence-electron chi connectivity index (χ1n) is 9.84. The summed E-state index contributed by atoms with van der Waals surface area (Å²) in [7, 11) is 1.65. The Labute approximate surface area is 180 Å². The fraction of sp³-hybridized carbons (Fsp3) is 0.391. The minimum absolute atomic E-state index is 0.0955. The van der Waals surface area contributed by atoms with Crippen LogP contribution in [0.2, 0.25) is 5.02 Å². The van der Waals surface area contributed by atoms with Crippen LogP contribution < -0.4 is 11.2 Å². The average Bonchev–Trinajstić information content (AvgIpc) is 3.04. The predicted octanol–water partition coefficient (Wildman–Crippen LogP) is 2.98. The Kier molecular flexibility index (Phi) is 6.25. The zero-order valence-corrected chi connectivity index (χ0v) is 18.5. The molecular weight excluding hydrogens is 402 g/mol. The summed E-state index contributed by atoms with van der Waals surface area (Å²) in [5.74, 6) is 6.41. The Balaban J connectivity index is 2.30. The van der Waals surface area contributed by atoms with Gasteiger partial charge in [-0.1, -0.05) is 29.7 Å². The topological polar surface area (TPSA) is 69.2 Å². The first-order chi connectivity index (χ1) is 14.1. The molecule has 1 aromatic carbocycles. The van der Waals surface area contributed by atoms with Gasteiger partial charge in [0.05, 0.1) is 11.2 Å². The van der Waals surface area contributed by atoms with Crippen LogP contribution >= 0.6 is 11.6 Å². The van der Waals surface area contributed by atoms with Crippen molar-refractivity contribution >= 4 is 22.6 Å². The van der Waals surface area contributed by atoms with Gasteiger partial charge in [-0.25, -0.2) is 4.79 Å². The van der Waals surface area contributed by atoms with Crippen LogP contribution in [0.5, 0.6) is 0 Å². The first kappa shape index (κ1) is 21.9. The Bertz CT molecular complexity index is 1250. The highest BCUT2D eigenvalue weighted by Crippen LogP contribution is 2.19. The molecule has 0 aliphatic heterocycles. The zero-order chi connectivity index (χ0) is 22.1. The van der Waals surface area contributed by atoms with Crippen LogP contribution in [0.4, 0.5) is 0 Å². The van der Waals surface area contributed by atoms with E-state index in [4.69, 9.17) is 16.7 Å². The number of aliphatic hydroxyl groups is 1. The second kappa shape index (κ2) is 8.55. The van der Waals surface area contributed by atoms with Gasteiger partial charge in [0.15, 0.2) is 0 Å². The molecule has 30 heavy (non-hydrogen) atoms. The monoisotopic (exact) mass is 427 g/mol. The van der Waals surface area contributed by atoms with Crippen molar-refractivity contribution in [2.45, 2.75) is 40.3 Å². The number of aromatic nitrogens is 3. The molecular formula is C23H26ClN3O3. The predicted molar refractivity (Wildman–Crippen MR) is 120 cm³/mol. The Morgan fingerprint density at radius 2 is 1.77 bits per heavy atom. The lowest BCUT2D eigenvalue weighted by Crippen LogP contribution is -2.39. The maximum absolute atomic E-state index is 13.3. The quantitative estimate of drug-likeness (QED) is 0.636. The molecule has 0 spiro atoms. The molecule has 1 N–H and O–H groups in total. The molecule has 3 rings (SSSR count). The smallest absolute Gasteiger partial charge is 0.331 e. The molecule has 0 aliphatic carbocycles. The number of aryl methyl sites for hydroxylation is 1. The third kappa shape index (κ3) is 4.53. The van der Waals surface area contributed by atoms with E-state index in [-0.39, 0.29) is 24.1 Å². The molecule has 0 atom stereocenters. The van der Waals surface area contributed by atoms with Crippen LogP contribution in [-0.4, -0.2) is 25.4 Å². The highest BCUT2D eigenvalue weighted by Gasteiger charge is 2.18. The number of hydrogen-bond donors (Lipinski definition) is 1. The normalized spacial score (nSPS) is 11.5. The standard InChI is InChI=1S/C23H26ClN3O3/c1-23(2,3)11-10-18-14-19-20(27(18)15-16-6-8-17(24)9-7-16)21(29)26(12-5-13-28)22(30)25(19)4/h6-9,14,28H,5,12-13,15H2,1-4H3. The lowest BCUT2D eigenvalue weighted by Gasteiger charge is -2.12. The van der Waals surface area contributed by atoms with Crippen LogP contribution in [0, 0.1) is 17.3 Å². The molecule has 6 nitrogen and oxygen atoms in total. The number of hydrogen-bond acceptors (Lipinski definition) is 3. The van der Waals surface area contributed by atoms with E-state index in [1.54, 1.807) is 25.2 Å². The minimum Gasteiger partial charge on any atom is -0.396 e. The van der Waals surface area contributed by atoms with Crippen LogP contribution in [0.15, 0.2) is 39.9 Å². The molecule has 7 heteroatoms. The number of nitrogens with zero attached hydrogens (tertiary/aromatic N) is 3. The first-order valence-corrected chi connectivity index (χ1v) is 10.2. The number of fused-ring (bicyclic) bond motifs is 1. The Morgan fingerprint density at radius 3 is 2.37 bits per heavy atom. The third-order valence-corrected chi connectivity index (χ3v) is 5.02. The molecule has 0 bridgehead atoms. The largest absolute Gasteiger partial charge is 0.396 e. The molecule has 0 saturated heterocycles. The van der Waals surface area contributed by atoms with E-state index in [1.165, 1.54) is 9.13 Å². The summed E-state index contributed by atoms with van der Waals surface area (Å²) < 4.78 is 4.50. The van der Waals surface area contributed by atoms with Crippen LogP contribution in [-0.2, 0) is 20.1 Å². The summed E-state index contributed by atoms with van der Waals surface area (Å²) in [6, 6.07) is 9.21. The minimum atomic E-state index is -0.403. The van der Waals surface area contributed by atoms with Gasteiger partial charge >= 0.3 is 5.69 Å². The van der Waals surface area contributed by atoms with E-state index in [1.807, 2.05) is 37.5 Å². The molecule has 0 amide bonds. The lowest BCUT2D eigenvalue weighted by molar-refractivity contribution is 0.277. The second-order valence-corrected chi connectivity index (χ2v) is 8.79. The second-order valence-electron chi connectivity index (χ2n) is 8.35. The van der Waals surface area contributed by atoms with Gasteiger partial charge in [-0.2, -0.15) is 0 Å². The van der Waals surface area contributed by atoms with Crippen LogP contribution in [0.1, 0.15) is 38.4 Å². The lowest BCUT2D eigenvalue weighted by atomic mass is 9.98. The number of aliphatic hydroxyl groups excluding tert-OH is 1. The summed E-state index contributed by atoms with van der Waals surface area (Å²) in [4.78, 5) is 26.0. The van der Waals surface area contributed by atoms with Gasteiger partial charge in [-0.3, -0.25) is 13.9 Å². The van der Waals surface area contributed by atoms with Crippen molar-refractivity contribution in [1.29, 1.82) is 0 Å². The third-order valence-electron chi connectivity index (χ3n) is 4.76. The summed E-state index contributed by atoms with van der Waals surface area (Å²) in [6.45, 7) is 6.54. The van der Waals surface area contributed by atoms with E-state index < -0.39 is 5.69 Å². The van der Waals surface area contributed by atoms with E-state index >= 15 is 0 Å². The maximum Gasteiger partial charge on any atom is 0.331 e. The van der Waals surface area contributed by atoms with Crippen molar-refractivity contribution in [1.82, 2.24) is 13.7 Å². The van der Waals surface area contributed by atoms with Gasteiger partial charge in [0, 0.05) is 37.2 Å². The summed E-state index contributed by atoms with van der Waals surface area (Å²) in [6.07, 6.45) is 0.329. The number of rotatable bonds is 5. The fourth-order valence-electron chi connectivity index (χ4n) is 3.23. The van der Waals surface area contributed by atoms with Crippen LogP contribution in [0.3, 0.4) is 0 Å². The highest BCUT2D eigenvalue weighted by atomic mass is 35.5. The molecule has 0 radical (unpaired) electrons. The molecule has 0 aliphatic rings. The zero-order valence-electron chi connectivity index (χ0n) is 17.7. The van der Waals surface area contributed by atoms with Gasteiger partial charge in [-0.05, 0) is 56.9 Å². The van der Waals surface area contributed by atoms with Crippen molar-refractivity contribution in [3.8, 4) is 11.8 Å². The van der Waals surface area contributed by atoms with Crippen molar-refractivity contribution < 1.29 is 5.11 Å². The van der Waals surface area contributed by atoms with Gasteiger partial charge < -0.3 is 9.67 Å². The molecule has 3 aromatic rings. The summed E-state index contributed by atoms with van der Waals surface area (Å²) >= 11 is 6.01. The molecule has 0 saturated carbocycles. The van der Waals surface area contributed by atoms with Crippen molar-refractivity contribution in [2.24, 2.45) is 12.5 Å². The van der Waals surface area contributed by atoms with Crippen molar-refractivity contribution in [2.75, 3.05) is 6.61 Å². The Morgan fingerprint density at radius 1 is 1.10 bits per heavy atom. The van der Waals surface area contributed by atoms with Crippen molar-refractivity contribution in [3.63, 3.8) is 0 Å². The summed E-state index contributed by atoms with van der Waals surface area (Å²) in [5, 5.41) is 9.79. The highest BCUT2D eigenvalue weighted by molar-refractivity contribution is 6.30. The van der Waals surface area contributed by atoms with E-state index in [0.717, 1.165) is 5.56 Å². The van der Waals surface area contributed by atoms with Crippen molar-refractivity contribution in [3.05, 3.63) is 67.4 Å². The van der Waals surface area contributed by atoms with E-state index in [2.05, 4.69) is 11.8 Å². The van der Waals surface area contributed by atoms with Crippen LogP contribution in [0.25, 0.3) is 11.0 Å². The number of benzene rings is 1.